The van der Waals surface area contributed by atoms with Crippen LogP contribution in [-0.2, 0) is 4.79 Å². The van der Waals surface area contributed by atoms with Gasteiger partial charge in [0.15, 0.2) is 0 Å². The summed E-state index contributed by atoms with van der Waals surface area (Å²) in [4.78, 5) is 9.94. The maximum absolute atomic E-state index is 9.94. The van der Waals surface area contributed by atoms with Crippen LogP contribution in [0.4, 0.5) is 0 Å². The van der Waals surface area contributed by atoms with Crippen molar-refractivity contribution in [2.75, 3.05) is 0 Å². The van der Waals surface area contributed by atoms with Gasteiger partial charge in [0.1, 0.15) is 18.2 Å². The van der Waals surface area contributed by atoms with Crippen LogP contribution in [-0.4, -0.2) is 11.4 Å². The molecule has 0 radical (unpaired) electrons. The minimum atomic E-state index is -0.643. The summed E-state index contributed by atoms with van der Waals surface area (Å²) in [6.45, 7) is 0. The Morgan fingerprint density at radius 3 is 3.09 bits per heavy atom. The number of rotatable bonds is 4. The molecular formula is C8H10O3. The van der Waals surface area contributed by atoms with Crippen LogP contribution in [0.2, 0.25) is 0 Å². The van der Waals surface area contributed by atoms with Crippen LogP contribution in [0.25, 0.3) is 0 Å². The molecular weight excluding hydrogens is 144 g/mol. The highest BCUT2D eigenvalue weighted by Gasteiger charge is 2.08. The molecule has 0 aromatic carbocycles. The number of carbonyl (C=O) groups is 1. The third-order valence-corrected chi connectivity index (χ3v) is 1.43. The lowest BCUT2D eigenvalue weighted by Crippen LogP contribution is -1.95. The first-order valence-electron chi connectivity index (χ1n) is 3.49. The fraction of sp³-hybridized carbons (Fsp3) is 0.375. The SMILES string of the molecule is O=CCCC(O)c1ccco1. The summed E-state index contributed by atoms with van der Waals surface area (Å²) in [6.07, 6.45) is 2.43. The first-order valence-corrected chi connectivity index (χ1v) is 3.49. The minimum absolute atomic E-state index is 0.363. The van der Waals surface area contributed by atoms with Gasteiger partial charge in [-0.2, -0.15) is 0 Å². The van der Waals surface area contributed by atoms with Gasteiger partial charge in [0.05, 0.1) is 6.26 Å². The van der Waals surface area contributed by atoms with Crippen molar-refractivity contribution in [1.29, 1.82) is 0 Å². The van der Waals surface area contributed by atoms with Crippen LogP contribution in [0.5, 0.6) is 0 Å². The van der Waals surface area contributed by atoms with Gasteiger partial charge in [0.2, 0.25) is 0 Å². The zero-order valence-electron chi connectivity index (χ0n) is 6.06. The van der Waals surface area contributed by atoms with Crippen molar-refractivity contribution < 1.29 is 14.3 Å². The number of hydrogen-bond acceptors (Lipinski definition) is 3. The fourth-order valence-electron chi connectivity index (χ4n) is 0.849. The molecule has 1 heterocycles. The predicted molar refractivity (Wildman–Crippen MR) is 39.0 cm³/mol. The number of carbonyl (C=O) groups excluding carboxylic acids is 1. The molecule has 0 amide bonds. The Hall–Kier alpha value is -1.09. The second-order valence-electron chi connectivity index (χ2n) is 2.28. The third-order valence-electron chi connectivity index (χ3n) is 1.43. The lowest BCUT2D eigenvalue weighted by atomic mass is 10.2. The first-order chi connectivity index (χ1) is 5.34. The molecule has 1 aromatic rings. The lowest BCUT2D eigenvalue weighted by Gasteiger charge is -2.02. The Morgan fingerprint density at radius 1 is 1.73 bits per heavy atom. The Balaban J connectivity index is 2.42. The topological polar surface area (TPSA) is 50.4 Å². The van der Waals surface area contributed by atoms with E-state index in [9.17, 15) is 9.90 Å². The molecule has 0 fully saturated rings. The van der Waals surface area contributed by atoms with Gasteiger partial charge in [-0.25, -0.2) is 0 Å². The van der Waals surface area contributed by atoms with Gasteiger partial charge in [-0.15, -0.1) is 0 Å². The van der Waals surface area contributed by atoms with Gasteiger partial charge < -0.3 is 14.3 Å². The quantitative estimate of drug-likeness (QED) is 0.665. The number of hydrogen-bond donors (Lipinski definition) is 1. The average Bonchev–Trinajstić information content (AvgIpc) is 2.52. The van der Waals surface area contributed by atoms with Crippen molar-refractivity contribution in [3.05, 3.63) is 24.2 Å². The highest BCUT2D eigenvalue weighted by molar-refractivity contribution is 5.49. The lowest BCUT2D eigenvalue weighted by molar-refractivity contribution is -0.108. The maximum Gasteiger partial charge on any atom is 0.132 e. The molecule has 0 aliphatic rings. The Bertz CT molecular complexity index is 203. The molecule has 0 spiro atoms. The van der Waals surface area contributed by atoms with Crippen LogP contribution >= 0.6 is 0 Å². The number of aliphatic hydroxyl groups is 1. The van der Waals surface area contributed by atoms with Crippen molar-refractivity contribution in [2.24, 2.45) is 0 Å². The van der Waals surface area contributed by atoms with E-state index in [-0.39, 0.29) is 0 Å². The second-order valence-corrected chi connectivity index (χ2v) is 2.28. The smallest absolute Gasteiger partial charge is 0.132 e. The van der Waals surface area contributed by atoms with Crippen molar-refractivity contribution in [3.63, 3.8) is 0 Å². The van der Waals surface area contributed by atoms with E-state index in [0.717, 1.165) is 6.29 Å². The van der Waals surface area contributed by atoms with Gasteiger partial charge in [-0.1, -0.05) is 0 Å². The van der Waals surface area contributed by atoms with Crippen molar-refractivity contribution in [2.45, 2.75) is 18.9 Å². The highest BCUT2D eigenvalue weighted by Crippen LogP contribution is 2.17. The maximum atomic E-state index is 9.94. The fourth-order valence-corrected chi connectivity index (χ4v) is 0.849. The van der Waals surface area contributed by atoms with Crippen molar-refractivity contribution >= 4 is 6.29 Å². The first kappa shape index (κ1) is 8.01. The van der Waals surface area contributed by atoms with Crippen molar-refractivity contribution in [1.82, 2.24) is 0 Å². The van der Waals surface area contributed by atoms with Gasteiger partial charge >= 0.3 is 0 Å². The predicted octanol–water partition coefficient (Wildman–Crippen LogP) is 1.29. The van der Waals surface area contributed by atoms with E-state index in [4.69, 9.17) is 4.42 Å². The molecule has 0 aliphatic heterocycles. The average molecular weight is 154 g/mol. The molecule has 1 unspecified atom stereocenters. The molecule has 0 bridgehead atoms. The minimum Gasteiger partial charge on any atom is -0.467 e. The largest absolute Gasteiger partial charge is 0.467 e. The van der Waals surface area contributed by atoms with Gasteiger partial charge in [0, 0.05) is 6.42 Å². The molecule has 1 rings (SSSR count). The molecule has 3 heteroatoms. The molecule has 0 saturated heterocycles. The van der Waals surface area contributed by atoms with Gasteiger partial charge in [-0.05, 0) is 18.6 Å². The second kappa shape index (κ2) is 3.93. The van der Waals surface area contributed by atoms with E-state index in [1.807, 2.05) is 0 Å². The van der Waals surface area contributed by atoms with Crippen LogP contribution in [0.15, 0.2) is 22.8 Å². The van der Waals surface area contributed by atoms with E-state index >= 15 is 0 Å². The molecule has 60 valence electrons. The van der Waals surface area contributed by atoms with E-state index in [0.29, 0.717) is 18.6 Å². The number of aliphatic hydroxyl groups excluding tert-OH is 1. The molecule has 0 aliphatic carbocycles. The van der Waals surface area contributed by atoms with Crippen LogP contribution in [0.3, 0.4) is 0 Å². The summed E-state index contributed by atoms with van der Waals surface area (Å²) in [7, 11) is 0. The summed E-state index contributed by atoms with van der Waals surface area (Å²) in [5.41, 5.74) is 0. The normalized spacial score (nSPS) is 12.8. The number of furan rings is 1. The molecule has 3 nitrogen and oxygen atoms in total. The summed E-state index contributed by atoms with van der Waals surface area (Å²) in [5.74, 6) is 0.520. The van der Waals surface area contributed by atoms with E-state index in [1.165, 1.54) is 6.26 Å². The summed E-state index contributed by atoms with van der Waals surface area (Å²) in [6, 6.07) is 3.40. The van der Waals surface area contributed by atoms with E-state index < -0.39 is 6.10 Å². The van der Waals surface area contributed by atoms with Gasteiger partial charge in [-0.3, -0.25) is 0 Å². The third kappa shape index (κ3) is 2.20. The van der Waals surface area contributed by atoms with E-state index in [1.54, 1.807) is 12.1 Å². The Kier molecular flexibility index (Phi) is 2.86. The van der Waals surface area contributed by atoms with Crippen LogP contribution < -0.4 is 0 Å². The zero-order chi connectivity index (χ0) is 8.10. The molecule has 1 atom stereocenters. The summed E-state index contributed by atoms with van der Waals surface area (Å²) < 4.78 is 4.93. The Morgan fingerprint density at radius 2 is 2.55 bits per heavy atom. The standard InChI is InChI=1S/C8H10O3/c9-5-1-3-7(10)8-4-2-6-11-8/h2,4-7,10H,1,3H2. The summed E-state index contributed by atoms with van der Waals surface area (Å²) in [5, 5.41) is 9.29. The highest BCUT2D eigenvalue weighted by atomic mass is 16.4. The monoisotopic (exact) mass is 154 g/mol. The van der Waals surface area contributed by atoms with Gasteiger partial charge in [0.25, 0.3) is 0 Å². The van der Waals surface area contributed by atoms with E-state index in [2.05, 4.69) is 0 Å². The molecule has 0 saturated carbocycles. The number of aldehydes is 1. The molecule has 1 aromatic heterocycles. The summed E-state index contributed by atoms with van der Waals surface area (Å²) >= 11 is 0. The zero-order valence-corrected chi connectivity index (χ0v) is 6.06. The Labute approximate surface area is 64.6 Å². The molecule has 11 heavy (non-hydrogen) atoms. The van der Waals surface area contributed by atoms with Crippen LogP contribution in [0, 0.1) is 0 Å². The van der Waals surface area contributed by atoms with Crippen LogP contribution in [0.1, 0.15) is 24.7 Å². The molecule has 1 N–H and O–H groups in total. The van der Waals surface area contributed by atoms with Crippen molar-refractivity contribution in [3.8, 4) is 0 Å².